The van der Waals surface area contributed by atoms with Gasteiger partial charge in [0.15, 0.2) is 0 Å². The van der Waals surface area contributed by atoms with Gasteiger partial charge < -0.3 is 5.73 Å². The number of hydrogen-bond acceptors (Lipinski definition) is 3. The lowest BCUT2D eigenvalue weighted by Gasteiger charge is -2.26. The summed E-state index contributed by atoms with van der Waals surface area (Å²) in [5.41, 5.74) is 12.6. The Balaban J connectivity index is 1.08. The largest absolute Gasteiger partial charge is 0.312 e. The first-order chi connectivity index (χ1) is 24.7. The van der Waals surface area contributed by atoms with Crippen molar-refractivity contribution in [2.45, 2.75) is 18.9 Å². The molecule has 0 fully saturated rings. The van der Waals surface area contributed by atoms with E-state index in [1.54, 1.807) is 0 Å². The van der Waals surface area contributed by atoms with E-state index in [4.69, 9.17) is 5.73 Å². The summed E-state index contributed by atoms with van der Waals surface area (Å²) in [6, 6.07) is 63.3. The molecule has 3 nitrogen and oxygen atoms in total. The second-order valence-corrected chi connectivity index (χ2v) is 13.2. The van der Waals surface area contributed by atoms with E-state index in [-0.39, 0.29) is 12.3 Å². The first kappa shape index (κ1) is 30.2. The Morgan fingerprint density at radius 2 is 0.980 bits per heavy atom. The molecule has 9 rings (SSSR count). The molecule has 240 valence electrons. The molecule has 2 atom stereocenters. The summed E-state index contributed by atoms with van der Waals surface area (Å²) in [6.07, 6.45) is -0.522. The van der Waals surface area contributed by atoms with Crippen molar-refractivity contribution in [3.05, 3.63) is 193 Å². The summed E-state index contributed by atoms with van der Waals surface area (Å²) in [6.45, 7) is 0.685. The Labute approximate surface area is 292 Å². The van der Waals surface area contributed by atoms with E-state index in [0.29, 0.717) is 6.54 Å². The number of rotatable bonds is 8. The number of fused-ring (bicyclic) bond motifs is 7. The molecule has 0 saturated heterocycles. The highest BCUT2D eigenvalue weighted by Gasteiger charge is 2.18. The molecule has 50 heavy (non-hydrogen) atoms. The van der Waals surface area contributed by atoms with Gasteiger partial charge in [-0.05, 0) is 93.8 Å². The standard InChI is InChI=1S/C47H37N3/c48-46(35-12-2-1-3-13-35)50-47(49-30-31-18-26-41-38(28-31)24-19-32-10-4-7-15-39(32)41)36-22-20-34(21-23-36)45-42-17-9-6-14-37(42)29-44-40-16-8-5-11-33(40)25-27-43(44)45/h1-29,46-47,49-50H,30,48H2. The Bertz CT molecular complexity index is 2640. The van der Waals surface area contributed by atoms with Crippen LogP contribution in [0.3, 0.4) is 0 Å². The van der Waals surface area contributed by atoms with Crippen molar-refractivity contribution < 1.29 is 0 Å². The van der Waals surface area contributed by atoms with Crippen LogP contribution in [0.4, 0.5) is 0 Å². The van der Waals surface area contributed by atoms with E-state index in [0.717, 1.165) is 11.1 Å². The van der Waals surface area contributed by atoms with Crippen molar-refractivity contribution in [1.29, 1.82) is 0 Å². The highest BCUT2D eigenvalue weighted by Crippen LogP contribution is 2.39. The number of hydrogen-bond donors (Lipinski definition) is 3. The molecule has 0 aliphatic heterocycles. The summed E-state index contributed by atoms with van der Waals surface area (Å²) in [7, 11) is 0. The first-order valence-corrected chi connectivity index (χ1v) is 17.3. The lowest BCUT2D eigenvalue weighted by molar-refractivity contribution is 0.386. The minimum Gasteiger partial charge on any atom is -0.312 e. The van der Waals surface area contributed by atoms with Gasteiger partial charge in [-0.1, -0.05) is 164 Å². The minimum atomic E-state index is -0.341. The third kappa shape index (κ3) is 5.58. The van der Waals surface area contributed by atoms with Gasteiger partial charge in [0.25, 0.3) is 0 Å². The van der Waals surface area contributed by atoms with Crippen LogP contribution in [-0.4, -0.2) is 0 Å². The van der Waals surface area contributed by atoms with Gasteiger partial charge in [-0.3, -0.25) is 10.6 Å². The molecule has 0 amide bonds. The Morgan fingerprint density at radius 1 is 0.420 bits per heavy atom. The van der Waals surface area contributed by atoms with Crippen LogP contribution in [0.15, 0.2) is 176 Å². The zero-order valence-corrected chi connectivity index (χ0v) is 27.7. The van der Waals surface area contributed by atoms with Gasteiger partial charge in [-0.15, -0.1) is 0 Å². The van der Waals surface area contributed by atoms with Gasteiger partial charge in [-0.2, -0.15) is 0 Å². The molecule has 0 spiro atoms. The molecule has 0 saturated carbocycles. The number of nitrogens with one attached hydrogen (secondary N) is 2. The van der Waals surface area contributed by atoms with Gasteiger partial charge in [0.1, 0.15) is 0 Å². The third-order valence-electron chi connectivity index (χ3n) is 10.1. The lowest BCUT2D eigenvalue weighted by Crippen LogP contribution is -2.39. The van der Waals surface area contributed by atoms with Crippen molar-refractivity contribution in [2.24, 2.45) is 5.73 Å². The van der Waals surface area contributed by atoms with Crippen LogP contribution < -0.4 is 16.4 Å². The Morgan fingerprint density at radius 3 is 1.74 bits per heavy atom. The SMILES string of the molecule is NC(NC(NCc1ccc2c(ccc3ccccc32)c1)c1ccc(-c2c3ccccc3cc3c2ccc2ccccc23)cc1)c1ccccc1. The van der Waals surface area contributed by atoms with E-state index in [9.17, 15) is 0 Å². The van der Waals surface area contributed by atoms with Gasteiger partial charge in [0.05, 0.1) is 12.3 Å². The summed E-state index contributed by atoms with van der Waals surface area (Å²) in [5, 5.41) is 20.1. The summed E-state index contributed by atoms with van der Waals surface area (Å²) >= 11 is 0. The van der Waals surface area contributed by atoms with Crippen molar-refractivity contribution in [2.75, 3.05) is 0 Å². The molecular formula is C47H37N3. The van der Waals surface area contributed by atoms with E-state index < -0.39 is 0 Å². The predicted molar refractivity (Wildman–Crippen MR) is 212 cm³/mol. The van der Waals surface area contributed by atoms with Gasteiger partial charge in [0, 0.05) is 6.54 Å². The third-order valence-corrected chi connectivity index (χ3v) is 10.1. The number of benzene rings is 9. The van der Waals surface area contributed by atoms with Crippen LogP contribution >= 0.6 is 0 Å². The quantitative estimate of drug-likeness (QED) is 0.0877. The minimum absolute atomic E-state index is 0.181. The van der Waals surface area contributed by atoms with E-state index in [1.165, 1.54) is 70.6 Å². The number of nitrogens with two attached hydrogens (primary N) is 1. The van der Waals surface area contributed by atoms with E-state index in [2.05, 4.69) is 168 Å². The summed E-state index contributed by atoms with van der Waals surface area (Å²) in [5.74, 6) is 0. The van der Waals surface area contributed by atoms with Crippen LogP contribution in [0, 0.1) is 0 Å². The average Bonchev–Trinajstić information content (AvgIpc) is 3.18. The summed E-state index contributed by atoms with van der Waals surface area (Å²) < 4.78 is 0. The molecule has 2 unspecified atom stereocenters. The molecule has 4 N–H and O–H groups in total. The molecule has 0 aliphatic carbocycles. The summed E-state index contributed by atoms with van der Waals surface area (Å²) in [4.78, 5) is 0. The Hall–Kier alpha value is -5.84. The second-order valence-electron chi connectivity index (χ2n) is 13.2. The molecule has 0 radical (unpaired) electrons. The lowest BCUT2D eigenvalue weighted by atomic mass is 9.89. The van der Waals surface area contributed by atoms with Crippen molar-refractivity contribution >= 4 is 53.9 Å². The second kappa shape index (κ2) is 12.9. The monoisotopic (exact) mass is 643 g/mol. The van der Waals surface area contributed by atoms with Crippen LogP contribution in [0.25, 0.3) is 65.0 Å². The molecule has 9 aromatic rings. The fourth-order valence-corrected chi connectivity index (χ4v) is 7.58. The highest BCUT2D eigenvalue weighted by atomic mass is 15.2. The normalized spacial score (nSPS) is 13.0. The van der Waals surface area contributed by atoms with E-state index in [1.807, 2.05) is 18.2 Å². The topological polar surface area (TPSA) is 50.1 Å². The zero-order valence-electron chi connectivity index (χ0n) is 27.7. The highest BCUT2D eigenvalue weighted by molar-refractivity contribution is 6.20. The van der Waals surface area contributed by atoms with Crippen LogP contribution in [0.1, 0.15) is 29.0 Å². The molecule has 0 aliphatic rings. The maximum absolute atomic E-state index is 6.77. The maximum Gasteiger partial charge on any atom is 0.0852 e. The Kier molecular flexibility index (Phi) is 7.79. The molecular weight excluding hydrogens is 607 g/mol. The van der Waals surface area contributed by atoms with Crippen molar-refractivity contribution in [1.82, 2.24) is 10.6 Å². The van der Waals surface area contributed by atoms with E-state index >= 15 is 0 Å². The van der Waals surface area contributed by atoms with Crippen molar-refractivity contribution in [3.63, 3.8) is 0 Å². The molecule has 0 bridgehead atoms. The molecule has 9 aromatic carbocycles. The van der Waals surface area contributed by atoms with Crippen LogP contribution in [-0.2, 0) is 6.54 Å². The first-order valence-electron chi connectivity index (χ1n) is 17.3. The zero-order chi connectivity index (χ0) is 33.4. The molecule has 0 heterocycles. The van der Waals surface area contributed by atoms with Gasteiger partial charge >= 0.3 is 0 Å². The van der Waals surface area contributed by atoms with Crippen LogP contribution in [0.2, 0.25) is 0 Å². The fraction of sp³-hybridized carbons (Fsp3) is 0.0638. The average molecular weight is 644 g/mol. The predicted octanol–water partition coefficient (Wildman–Crippen LogP) is 11.2. The van der Waals surface area contributed by atoms with Crippen LogP contribution in [0.5, 0.6) is 0 Å². The smallest absolute Gasteiger partial charge is 0.0852 e. The molecule has 3 heteroatoms. The molecule has 0 aromatic heterocycles. The van der Waals surface area contributed by atoms with Gasteiger partial charge in [0.2, 0.25) is 0 Å². The maximum atomic E-state index is 6.77. The van der Waals surface area contributed by atoms with Crippen molar-refractivity contribution in [3.8, 4) is 11.1 Å². The fourth-order valence-electron chi connectivity index (χ4n) is 7.58. The van der Waals surface area contributed by atoms with Gasteiger partial charge in [-0.25, -0.2) is 0 Å².